The van der Waals surface area contributed by atoms with E-state index >= 15 is 0 Å². The van der Waals surface area contributed by atoms with Crippen LogP contribution in [0.5, 0.6) is 0 Å². The number of carbonyl (C=O) groups excluding carboxylic acids is 2. The zero-order chi connectivity index (χ0) is 15.2. The lowest BCUT2D eigenvalue weighted by Crippen LogP contribution is -2.46. The third-order valence-electron chi connectivity index (χ3n) is 2.84. The van der Waals surface area contributed by atoms with Gasteiger partial charge < -0.3 is 21.9 Å². The predicted octanol–water partition coefficient (Wildman–Crippen LogP) is -0.608. The van der Waals surface area contributed by atoms with Gasteiger partial charge in [-0.1, -0.05) is 6.07 Å². The average molecular weight is 280 g/mol. The van der Waals surface area contributed by atoms with Crippen molar-refractivity contribution in [1.29, 1.82) is 0 Å². The summed E-state index contributed by atoms with van der Waals surface area (Å²) in [6.45, 7) is 1.84. The van der Waals surface area contributed by atoms with Crippen LogP contribution in [0.3, 0.4) is 0 Å². The molecule has 0 unspecified atom stereocenters. The van der Waals surface area contributed by atoms with E-state index in [0.717, 1.165) is 0 Å². The van der Waals surface area contributed by atoms with E-state index in [1.807, 2.05) is 0 Å². The number of hydrogen-bond acceptors (Lipinski definition) is 7. The average Bonchev–Trinajstić information content (AvgIpc) is 2.45. The fourth-order valence-electron chi connectivity index (χ4n) is 1.50. The molecule has 20 heavy (non-hydrogen) atoms. The number of aromatic nitrogens is 1. The summed E-state index contributed by atoms with van der Waals surface area (Å²) in [6.07, 6.45) is 2.43. The molecule has 0 aliphatic carbocycles. The van der Waals surface area contributed by atoms with Crippen LogP contribution in [0.2, 0.25) is 0 Å². The smallest absolute Gasteiger partial charge is 0.339 e. The highest BCUT2D eigenvalue weighted by atomic mass is 16.6. The zero-order valence-corrected chi connectivity index (χ0v) is 11.4. The van der Waals surface area contributed by atoms with Crippen molar-refractivity contribution < 1.29 is 14.3 Å². The summed E-state index contributed by atoms with van der Waals surface area (Å²) < 4.78 is 4.72. The number of carbonyl (C=O) groups is 2. The molecule has 0 spiro atoms. The molecule has 1 heterocycles. The van der Waals surface area contributed by atoms with Gasteiger partial charge in [0.1, 0.15) is 6.04 Å². The number of ether oxygens (including phenoxy) is 1. The lowest BCUT2D eigenvalue weighted by Gasteiger charge is -2.21. The first kappa shape index (κ1) is 16.2. The van der Waals surface area contributed by atoms with Gasteiger partial charge in [-0.2, -0.15) is 0 Å². The Labute approximate surface area is 117 Å². The molecule has 0 radical (unpaired) electrons. The predicted molar refractivity (Wildman–Crippen MR) is 73.1 cm³/mol. The van der Waals surface area contributed by atoms with Crippen molar-refractivity contribution in [2.75, 3.05) is 6.54 Å². The minimum absolute atomic E-state index is 0.313. The van der Waals surface area contributed by atoms with E-state index in [9.17, 15) is 9.59 Å². The van der Waals surface area contributed by atoms with Crippen LogP contribution in [-0.4, -0.2) is 29.5 Å². The molecule has 0 aliphatic rings. The molecule has 6 N–H and O–H groups in total. The van der Waals surface area contributed by atoms with Crippen LogP contribution in [0, 0.1) is 0 Å². The molecule has 7 nitrogen and oxygen atoms in total. The van der Waals surface area contributed by atoms with E-state index < -0.39 is 23.5 Å². The summed E-state index contributed by atoms with van der Waals surface area (Å²) in [6, 6.07) is 4.08. The minimum atomic E-state index is -1.51. The number of nitrogens with zero attached hydrogens (tertiary/aromatic N) is 1. The summed E-state index contributed by atoms with van der Waals surface area (Å²) >= 11 is 0. The topological polar surface area (TPSA) is 134 Å². The van der Waals surface area contributed by atoms with Crippen molar-refractivity contribution in [1.82, 2.24) is 4.98 Å². The van der Waals surface area contributed by atoms with Gasteiger partial charge in [-0.25, -0.2) is 9.59 Å². The minimum Gasteiger partial charge on any atom is -0.390 e. The van der Waals surface area contributed by atoms with Crippen LogP contribution in [0.1, 0.15) is 25.5 Å². The Morgan fingerprint density at radius 1 is 1.45 bits per heavy atom. The molecule has 0 saturated heterocycles. The second-order valence-electron chi connectivity index (χ2n) is 4.66. The van der Waals surface area contributed by atoms with Gasteiger partial charge in [-0.3, -0.25) is 4.98 Å². The molecule has 1 aromatic heterocycles. The second-order valence-corrected chi connectivity index (χ2v) is 4.66. The number of esters is 2. The molecule has 0 saturated carbocycles. The van der Waals surface area contributed by atoms with Crippen LogP contribution in [0.25, 0.3) is 0 Å². The normalized spacial score (nSPS) is 15.2. The van der Waals surface area contributed by atoms with Gasteiger partial charge in [-0.05, 0) is 38.4 Å². The fourth-order valence-corrected chi connectivity index (χ4v) is 1.50. The monoisotopic (exact) mass is 280 g/mol. The molecule has 7 heteroatoms. The highest BCUT2D eigenvalue weighted by Gasteiger charge is 2.36. The molecule has 110 valence electrons. The highest BCUT2D eigenvalue weighted by molar-refractivity contribution is 5.93. The lowest BCUT2D eigenvalue weighted by atomic mass is 9.99. The maximum atomic E-state index is 12.0. The summed E-state index contributed by atoms with van der Waals surface area (Å²) in [7, 11) is 0. The van der Waals surface area contributed by atoms with Crippen molar-refractivity contribution >= 4 is 11.9 Å². The van der Waals surface area contributed by atoms with Crippen LogP contribution >= 0.6 is 0 Å². The van der Waals surface area contributed by atoms with E-state index in [2.05, 4.69) is 4.98 Å². The number of nitrogens with two attached hydrogens (primary N) is 3. The first-order valence-electron chi connectivity index (χ1n) is 6.31. The van der Waals surface area contributed by atoms with Crippen LogP contribution in [0.4, 0.5) is 0 Å². The maximum Gasteiger partial charge on any atom is 0.339 e. The Kier molecular flexibility index (Phi) is 5.75. The third-order valence-corrected chi connectivity index (χ3v) is 2.84. The third kappa shape index (κ3) is 4.09. The van der Waals surface area contributed by atoms with E-state index in [-0.39, 0.29) is 0 Å². The lowest BCUT2D eigenvalue weighted by molar-refractivity contribution is -0.164. The molecule has 0 fully saturated rings. The Hall–Kier alpha value is -1.83. The highest BCUT2D eigenvalue weighted by Crippen LogP contribution is 2.17. The van der Waals surface area contributed by atoms with E-state index in [4.69, 9.17) is 21.9 Å². The Morgan fingerprint density at radius 3 is 2.70 bits per heavy atom. The summed E-state index contributed by atoms with van der Waals surface area (Å²) in [5.41, 5.74) is 15.6. The molecular formula is C13H20N4O3. The zero-order valence-electron chi connectivity index (χ0n) is 11.4. The number of rotatable bonds is 6. The molecule has 0 bridgehead atoms. The first-order chi connectivity index (χ1) is 9.39. The molecule has 0 aromatic carbocycles. The van der Waals surface area contributed by atoms with E-state index in [1.165, 1.54) is 13.1 Å². The summed E-state index contributed by atoms with van der Waals surface area (Å²) in [4.78, 5) is 27.6. The van der Waals surface area contributed by atoms with Crippen molar-refractivity contribution in [3.8, 4) is 0 Å². The van der Waals surface area contributed by atoms with Crippen molar-refractivity contribution in [2.24, 2.45) is 17.2 Å². The summed E-state index contributed by atoms with van der Waals surface area (Å²) in [5.74, 6) is -1.69. The van der Waals surface area contributed by atoms with Crippen LogP contribution in [-0.2, 0) is 19.9 Å². The van der Waals surface area contributed by atoms with Crippen molar-refractivity contribution in [2.45, 2.75) is 31.3 Å². The number of pyridine rings is 1. The first-order valence-corrected chi connectivity index (χ1v) is 6.31. The quantitative estimate of drug-likeness (QED) is 0.467. The Bertz CT molecular complexity index is 462. The van der Waals surface area contributed by atoms with Gasteiger partial charge in [0.25, 0.3) is 0 Å². The van der Waals surface area contributed by atoms with Gasteiger partial charge in [0.2, 0.25) is 0 Å². The fraction of sp³-hybridized carbons (Fsp3) is 0.462. The molecule has 1 rings (SSSR count). The van der Waals surface area contributed by atoms with Gasteiger partial charge >= 0.3 is 11.9 Å². The van der Waals surface area contributed by atoms with E-state index in [0.29, 0.717) is 25.1 Å². The second kappa shape index (κ2) is 7.09. The van der Waals surface area contributed by atoms with E-state index in [1.54, 1.807) is 18.2 Å². The standard InChI is InChI=1S/C13H20N4O3/c1-13(16,10-6-2-3-8-17-10)12(19)20-11(18)9(15)5-4-7-14/h2-3,6,8-9H,4-5,7,14-16H2,1H3/t9-,13-/m1/s1. The SMILES string of the molecule is C[C@](N)(C(=O)OC(=O)[C@H](N)CCCN)c1ccccn1. The van der Waals surface area contributed by atoms with Crippen molar-refractivity contribution in [3.63, 3.8) is 0 Å². The van der Waals surface area contributed by atoms with Gasteiger partial charge in [0.05, 0.1) is 5.69 Å². The molecule has 0 aliphatic heterocycles. The largest absolute Gasteiger partial charge is 0.390 e. The van der Waals surface area contributed by atoms with Gasteiger partial charge in [0.15, 0.2) is 5.54 Å². The maximum absolute atomic E-state index is 12.0. The molecule has 0 amide bonds. The van der Waals surface area contributed by atoms with Gasteiger partial charge in [0, 0.05) is 6.20 Å². The molecule has 2 atom stereocenters. The van der Waals surface area contributed by atoms with Gasteiger partial charge in [-0.15, -0.1) is 0 Å². The Morgan fingerprint density at radius 2 is 2.15 bits per heavy atom. The van der Waals surface area contributed by atoms with Crippen LogP contribution in [0.15, 0.2) is 24.4 Å². The Balaban J connectivity index is 2.68. The molecular weight excluding hydrogens is 260 g/mol. The summed E-state index contributed by atoms with van der Waals surface area (Å²) in [5, 5.41) is 0. The number of hydrogen-bond donors (Lipinski definition) is 3. The van der Waals surface area contributed by atoms with Crippen LogP contribution < -0.4 is 17.2 Å². The molecule has 1 aromatic rings. The van der Waals surface area contributed by atoms with Crippen molar-refractivity contribution in [3.05, 3.63) is 30.1 Å².